The average Bonchev–Trinajstić information content (AvgIpc) is 3.44. The summed E-state index contributed by atoms with van der Waals surface area (Å²) in [5.74, 6) is 3.98. The molecule has 1 saturated heterocycles. The summed E-state index contributed by atoms with van der Waals surface area (Å²) in [7, 11) is 0. The molecule has 0 aromatic rings. The topological polar surface area (TPSA) is 46.7 Å². The number of fused-ring (bicyclic) bond motifs is 7. The highest BCUT2D eigenvalue weighted by molar-refractivity contribution is 5.98. The largest absolute Gasteiger partial charge is 0.360 e. The summed E-state index contributed by atoms with van der Waals surface area (Å²) < 4.78 is 5.91. The van der Waals surface area contributed by atoms with Crippen LogP contribution in [0.3, 0.4) is 0 Å². The van der Waals surface area contributed by atoms with Gasteiger partial charge < -0.3 is 4.74 Å². The van der Waals surface area contributed by atoms with E-state index in [-0.39, 0.29) is 29.3 Å². The number of hydrogen-bond acceptors (Lipinski definition) is 3. The predicted molar refractivity (Wildman–Crippen MR) is 118 cm³/mol. The molecule has 3 heteroatoms. The van der Waals surface area contributed by atoms with Crippen LogP contribution in [0.4, 0.5) is 0 Å². The minimum atomic E-state index is -0.172. The fourth-order valence-electron chi connectivity index (χ4n) is 8.21. The van der Waals surface area contributed by atoms with Gasteiger partial charge in [-0.15, -0.1) is 0 Å². The lowest BCUT2D eigenvalue weighted by atomic mass is 9.48. The van der Waals surface area contributed by atoms with E-state index < -0.39 is 0 Å². The summed E-state index contributed by atoms with van der Waals surface area (Å²) in [6.45, 7) is 11.4. The number of rotatable bonds is 5. The molecule has 0 bridgehead atoms. The maximum atomic E-state index is 12.2. The molecular formula is C27H38O3. The molecule has 3 fully saturated rings. The molecule has 0 spiro atoms. The molecule has 0 radical (unpaired) electrons. The summed E-state index contributed by atoms with van der Waals surface area (Å²) >= 11 is 0. The lowest BCUT2D eigenvalue weighted by molar-refractivity contribution is -0.122. The van der Waals surface area contributed by atoms with E-state index in [0.29, 0.717) is 34.9 Å². The number of allylic oxidation sites excluding steroid dienone is 2. The number of ketones is 2. The standard InChI is InChI=1S/C27H38O3/c1-15(2)22(28)11-6-16(3)19-9-10-20-18-8-7-17-14-23(29)24-25(30-24)27(17,5)21(18)12-13-26(19,20)4/h7-8,14-16,18-21,24-25H,6,9-13H2,1-5H3/t16-,18+,19-,20+,21+,24+,25+,26-,27+/m1/s1. The van der Waals surface area contributed by atoms with Gasteiger partial charge in [-0.3, -0.25) is 9.59 Å². The van der Waals surface area contributed by atoms with Crippen molar-refractivity contribution in [3.63, 3.8) is 0 Å². The van der Waals surface area contributed by atoms with Crippen LogP contribution >= 0.6 is 0 Å². The van der Waals surface area contributed by atoms with Gasteiger partial charge >= 0.3 is 0 Å². The molecule has 0 amide bonds. The molecule has 4 aliphatic carbocycles. The molecule has 1 aliphatic heterocycles. The van der Waals surface area contributed by atoms with Crippen molar-refractivity contribution in [2.24, 2.45) is 46.3 Å². The molecule has 0 aromatic carbocycles. The van der Waals surface area contributed by atoms with Gasteiger partial charge in [0.1, 0.15) is 18.0 Å². The van der Waals surface area contributed by atoms with Crippen LogP contribution in [0.1, 0.15) is 73.1 Å². The molecule has 0 N–H and O–H groups in total. The van der Waals surface area contributed by atoms with Crippen LogP contribution in [0, 0.1) is 46.3 Å². The first kappa shape index (κ1) is 20.7. The van der Waals surface area contributed by atoms with Gasteiger partial charge in [0.05, 0.1) is 0 Å². The Morgan fingerprint density at radius 2 is 1.93 bits per heavy atom. The lowest BCUT2D eigenvalue weighted by Crippen LogP contribution is -2.51. The van der Waals surface area contributed by atoms with E-state index in [4.69, 9.17) is 4.74 Å². The summed E-state index contributed by atoms with van der Waals surface area (Å²) in [4.78, 5) is 24.4. The third-order valence-corrected chi connectivity index (χ3v) is 10.1. The van der Waals surface area contributed by atoms with Crippen LogP contribution < -0.4 is 0 Å². The van der Waals surface area contributed by atoms with E-state index in [1.54, 1.807) is 0 Å². The first-order chi connectivity index (χ1) is 14.2. The van der Waals surface area contributed by atoms with E-state index in [9.17, 15) is 9.59 Å². The summed E-state index contributed by atoms with van der Waals surface area (Å²) in [5.41, 5.74) is 1.59. The second kappa shape index (κ2) is 6.89. The molecule has 3 nitrogen and oxygen atoms in total. The quantitative estimate of drug-likeness (QED) is 0.559. The van der Waals surface area contributed by atoms with Gasteiger partial charge in [0.25, 0.3) is 0 Å². The van der Waals surface area contributed by atoms with Gasteiger partial charge in [0, 0.05) is 17.8 Å². The van der Waals surface area contributed by atoms with E-state index in [0.717, 1.165) is 18.8 Å². The molecule has 9 atom stereocenters. The zero-order valence-corrected chi connectivity index (χ0v) is 19.3. The number of hydrogen-bond donors (Lipinski definition) is 0. The smallest absolute Gasteiger partial charge is 0.187 e. The van der Waals surface area contributed by atoms with Crippen LogP contribution in [0.25, 0.3) is 0 Å². The number of epoxide rings is 1. The molecule has 5 rings (SSSR count). The van der Waals surface area contributed by atoms with Crippen molar-refractivity contribution in [3.05, 3.63) is 23.8 Å². The number of Topliss-reactive ketones (excluding diaryl/α,β-unsaturated/α-hetero) is 1. The predicted octanol–water partition coefficient (Wildman–Crippen LogP) is 5.54. The van der Waals surface area contributed by atoms with Crippen LogP contribution in [0.5, 0.6) is 0 Å². The third kappa shape index (κ3) is 2.80. The fourth-order valence-corrected chi connectivity index (χ4v) is 8.21. The van der Waals surface area contributed by atoms with Crippen molar-refractivity contribution in [1.29, 1.82) is 0 Å². The Hall–Kier alpha value is -1.22. The van der Waals surface area contributed by atoms with Crippen LogP contribution in [-0.2, 0) is 14.3 Å². The number of ether oxygens (including phenoxy) is 1. The Morgan fingerprint density at radius 1 is 1.17 bits per heavy atom. The molecular weight excluding hydrogens is 372 g/mol. The maximum Gasteiger partial charge on any atom is 0.187 e. The highest BCUT2D eigenvalue weighted by Gasteiger charge is 2.66. The Morgan fingerprint density at radius 3 is 2.67 bits per heavy atom. The highest BCUT2D eigenvalue weighted by Crippen LogP contribution is 2.68. The molecule has 0 aromatic heterocycles. The second-order valence-electron chi connectivity index (χ2n) is 11.8. The van der Waals surface area contributed by atoms with Crippen molar-refractivity contribution >= 4 is 11.6 Å². The van der Waals surface area contributed by atoms with E-state index in [1.165, 1.54) is 31.3 Å². The Labute approximate surface area is 181 Å². The third-order valence-electron chi connectivity index (χ3n) is 10.1. The van der Waals surface area contributed by atoms with Crippen LogP contribution in [0.2, 0.25) is 0 Å². The molecule has 5 aliphatic rings. The van der Waals surface area contributed by atoms with Gasteiger partial charge in [-0.25, -0.2) is 0 Å². The van der Waals surface area contributed by atoms with Crippen molar-refractivity contribution in [1.82, 2.24) is 0 Å². The minimum Gasteiger partial charge on any atom is -0.360 e. The summed E-state index contributed by atoms with van der Waals surface area (Å²) in [6, 6.07) is 0. The Kier molecular flexibility index (Phi) is 4.75. The SMILES string of the molecule is CC(C)C(=O)CC[C@@H](C)[C@H]1CC[C@H]2[C@@H]3C=CC4=CC(=O)[C@@H]5O[C@@H]5[C@]4(C)[C@H]3CC[C@]12C. The van der Waals surface area contributed by atoms with E-state index >= 15 is 0 Å². The van der Waals surface area contributed by atoms with Crippen molar-refractivity contribution in [3.8, 4) is 0 Å². The summed E-state index contributed by atoms with van der Waals surface area (Å²) in [5, 5.41) is 0. The highest BCUT2D eigenvalue weighted by atomic mass is 16.6. The van der Waals surface area contributed by atoms with E-state index in [1.807, 2.05) is 19.9 Å². The molecule has 30 heavy (non-hydrogen) atoms. The van der Waals surface area contributed by atoms with Gasteiger partial charge in [0.2, 0.25) is 0 Å². The van der Waals surface area contributed by atoms with Crippen molar-refractivity contribution in [2.75, 3.05) is 0 Å². The Balaban J connectivity index is 1.37. The lowest BCUT2D eigenvalue weighted by Gasteiger charge is -2.56. The second-order valence-corrected chi connectivity index (χ2v) is 11.8. The van der Waals surface area contributed by atoms with Gasteiger partial charge in [0.15, 0.2) is 5.78 Å². The van der Waals surface area contributed by atoms with Crippen LogP contribution in [0.15, 0.2) is 23.8 Å². The first-order valence-electron chi connectivity index (χ1n) is 12.3. The van der Waals surface area contributed by atoms with Crippen molar-refractivity contribution in [2.45, 2.75) is 85.4 Å². The summed E-state index contributed by atoms with van der Waals surface area (Å²) in [6.07, 6.45) is 13.4. The number of carbonyl (C=O) groups is 2. The minimum absolute atomic E-state index is 0.00666. The fraction of sp³-hybridized carbons (Fsp3) is 0.778. The maximum absolute atomic E-state index is 12.2. The molecule has 0 unspecified atom stereocenters. The first-order valence-corrected chi connectivity index (χ1v) is 12.3. The molecule has 1 heterocycles. The van der Waals surface area contributed by atoms with Gasteiger partial charge in [-0.05, 0) is 78.8 Å². The van der Waals surface area contributed by atoms with Crippen molar-refractivity contribution < 1.29 is 14.3 Å². The molecule has 2 saturated carbocycles. The molecule has 164 valence electrons. The average molecular weight is 411 g/mol. The zero-order chi connectivity index (χ0) is 21.4. The Bertz CT molecular complexity index is 822. The monoisotopic (exact) mass is 410 g/mol. The van der Waals surface area contributed by atoms with Gasteiger partial charge in [-0.1, -0.05) is 46.8 Å². The zero-order valence-electron chi connectivity index (χ0n) is 19.3. The van der Waals surface area contributed by atoms with Gasteiger partial charge in [-0.2, -0.15) is 0 Å². The normalized spacial score (nSPS) is 47.1. The number of carbonyl (C=O) groups excluding carboxylic acids is 2. The van der Waals surface area contributed by atoms with Crippen LogP contribution in [-0.4, -0.2) is 23.8 Å². The van der Waals surface area contributed by atoms with E-state index in [2.05, 4.69) is 32.9 Å².